The van der Waals surface area contributed by atoms with E-state index in [1.807, 2.05) is 54.6 Å². The van der Waals surface area contributed by atoms with Crippen molar-refractivity contribution in [3.05, 3.63) is 66.7 Å². The Balaban J connectivity index is 1.22. The molecule has 14 nitrogen and oxygen atoms in total. The van der Waals surface area contributed by atoms with Gasteiger partial charge in [0.2, 0.25) is 21.8 Å². The predicted molar refractivity (Wildman–Crippen MR) is 189 cm³/mol. The molecule has 3 saturated carbocycles. The minimum Gasteiger partial charge on any atom is -0.497 e. The lowest BCUT2D eigenvalue weighted by Crippen LogP contribution is -2.55. The average Bonchev–Trinajstić information content (AvgIpc) is 4.05. The van der Waals surface area contributed by atoms with E-state index in [0.29, 0.717) is 60.2 Å². The van der Waals surface area contributed by atoms with Crippen LogP contribution in [0.1, 0.15) is 51.4 Å². The number of hydrogen-bond acceptors (Lipinski definition) is 9. The Labute approximate surface area is 301 Å². The summed E-state index contributed by atoms with van der Waals surface area (Å²) in [7, 11) is -2.33. The van der Waals surface area contributed by atoms with Crippen molar-refractivity contribution in [2.75, 3.05) is 13.7 Å². The number of amides is 4. The molecule has 7 rings (SSSR count). The van der Waals surface area contributed by atoms with Crippen LogP contribution in [0.25, 0.3) is 22.2 Å². The molecule has 0 bridgehead atoms. The Hall–Kier alpha value is -5.18. The first-order chi connectivity index (χ1) is 25.0. The molecule has 1 aromatic heterocycles. The van der Waals surface area contributed by atoms with E-state index in [0.717, 1.165) is 10.6 Å². The molecule has 4 aliphatic rings. The third kappa shape index (κ3) is 7.27. The number of aromatic nitrogens is 1. The smallest absolute Gasteiger partial charge is 0.423 e. The summed E-state index contributed by atoms with van der Waals surface area (Å²) in [4.78, 5) is 58.6. The van der Waals surface area contributed by atoms with Gasteiger partial charge in [0, 0.05) is 35.5 Å². The molecular formula is C37H41N5O9S. The number of hydrazine groups is 1. The number of nitrogens with one attached hydrogen (secondary N) is 3. The number of methoxy groups -OCH3 is 1. The number of allylic oxidation sites excluding steroid dienone is 1. The van der Waals surface area contributed by atoms with Gasteiger partial charge >= 0.3 is 6.09 Å². The van der Waals surface area contributed by atoms with Crippen LogP contribution in [0.5, 0.6) is 11.5 Å². The van der Waals surface area contributed by atoms with Crippen molar-refractivity contribution in [3.63, 3.8) is 0 Å². The maximum absolute atomic E-state index is 14.3. The van der Waals surface area contributed by atoms with Crippen LogP contribution in [-0.2, 0) is 24.4 Å². The topological polar surface area (TPSA) is 193 Å². The molecule has 1 aliphatic heterocycles. The number of carboxylic acid groups (broad SMARTS) is 1. The van der Waals surface area contributed by atoms with Gasteiger partial charge in [0.1, 0.15) is 23.1 Å². The van der Waals surface area contributed by atoms with Crippen molar-refractivity contribution in [2.24, 2.45) is 17.8 Å². The van der Waals surface area contributed by atoms with Crippen LogP contribution in [-0.4, -0.2) is 77.9 Å². The normalized spacial score (nSPS) is 27.0. The second-order valence-corrected chi connectivity index (χ2v) is 15.9. The number of rotatable bonds is 8. The van der Waals surface area contributed by atoms with Crippen molar-refractivity contribution >= 4 is 44.7 Å². The van der Waals surface area contributed by atoms with Gasteiger partial charge in [-0.2, -0.15) is 0 Å². The number of nitrogens with zero attached hydrogens (tertiary/aromatic N) is 2. The van der Waals surface area contributed by atoms with Crippen LogP contribution in [0, 0.1) is 17.8 Å². The second kappa shape index (κ2) is 14.1. The molecule has 2 heterocycles. The van der Waals surface area contributed by atoms with Crippen molar-refractivity contribution in [1.29, 1.82) is 0 Å². The number of carbonyl (C=O) groups is 4. The van der Waals surface area contributed by atoms with E-state index in [1.54, 1.807) is 19.2 Å². The molecule has 15 heteroatoms. The lowest BCUT2D eigenvalue weighted by Gasteiger charge is -2.28. The Morgan fingerprint density at radius 3 is 2.54 bits per heavy atom. The zero-order chi connectivity index (χ0) is 36.6. The van der Waals surface area contributed by atoms with Gasteiger partial charge in [0.05, 0.1) is 35.4 Å². The average molecular weight is 732 g/mol. The van der Waals surface area contributed by atoms with E-state index >= 15 is 0 Å². The van der Waals surface area contributed by atoms with Crippen LogP contribution in [0.15, 0.2) is 66.7 Å². The number of ether oxygens (including phenoxy) is 2. The molecule has 0 spiro atoms. The van der Waals surface area contributed by atoms with Crippen molar-refractivity contribution in [1.82, 2.24) is 25.5 Å². The predicted octanol–water partition coefficient (Wildman–Crippen LogP) is 3.92. The first-order valence-corrected chi connectivity index (χ1v) is 19.1. The van der Waals surface area contributed by atoms with E-state index in [-0.39, 0.29) is 25.8 Å². The van der Waals surface area contributed by atoms with E-state index in [1.165, 1.54) is 0 Å². The highest BCUT2D eigenvalue weighted by molar-refractivity contribution is 7.91. The van der Waals surface area contributed by atoms with E-state index in [4.69, 9.17) is 14.5 Å². The zero-order valence-corrected chi connectivity index (χ0v) is 29.4. The number of carbonyl (C=O) groups excluding carboxylic acids is 3. The second-order valence-electron chi connectivity index (χ2n) is 14.0. The summed E-state index contributed by atoms with van der Waals surface area (Å²) in [6, 6.07) is 16.8. The molecule has 3 aliphatic carbocycles. The van der Waals surface area contributed by atoms with Gasteiger partial charge in [-0.1, -0.05) is 42.5 Å². The van der Waals surface area contributed by atoms with Gasteiger partial charge in [-0.05, 0) is 63.5 Å². The Morgan fingerprint density at radius 2 is 1.81 bits per heavy atom. The Bertz CT molecular complexity index is 2040. The summed E-state index contributed by atoms with van der Waals surface area (Å²) in [5.74, 6) is -3.38. The molecule has 274 valence electrons. The third-order valence-corrected chi connectivity index (χ3v) is 12.2. The quantitative estimate of drug-likeness (QED) is 0.247. The Kier molecular flexibility index (Phi) is 9.55. The summed E-state index contributed by atoms with van der Waals surface area (Å²) in [5.41, 5.74) is 2.80. The molecule has 2 aromatic carbocycles. The fraction of sp³-hybridized carbons (Fsp3) is 0.432. The molecule has 3 fully saturated rings. The fourth-order valence-electron chi connectivity index (χ4n) is 7.29. The molecule has 52 heavy (non-hydrogen) atoms. The fourth-order valence-corrected chi connectivity index (χ4v) is 8.66. The molecule has 5 atom stereocenters. The van der Waals surface area contributed by atoms with Crippen molar-refractivity contribution < 1.29 is 42.2 Å². The highest BCUT2D eigenvalue weighted by Gasteiger charge is 2.62. The Morgan fingerprint density at radius 1 is 1.04 bits per heavy atom. The monoisotopic (exact) mass is 731 g/mol. The number of hydrogen-bond donors (Lipinski definition) is 4. The molecule has 3 aromatic rings. The highest BCUT2D eigenvalue weighted by atomic mass is 32.2. The zero-order valence-electron chi connectivity index (χ0n) is 28.6. The van der Waals surface area contributed by atoms with E-state index < -0.39 is 68.5 Å². The maximum Gasteiger partial charge on any atom is 0.423 e. The van der Waals surface area contributed by atoms with E-state index in [2.05, 4.69) is 15.5 Å². The van der Waals surface area contributed by atoms with E-state index in [9.17, 15) is 32.7 Å². The standard InChI is InChI=1S/C37H41N5O9S/c1-50-24-12-15-27-31(19-24)38-30(22-9-5-4-6-10-22)20-32(27)51-25-17-28-29(18-25)34(44)42(40-36(46)47)16-8-3-2-7-11-23-21-37(23,39-33(28)43)35(45)41-52(48,49)26-13-14-26/h4-7,9-12,15,19-20,23,25-26,28-29,40H,2-3,8,13-14,16-18,21H2,1H3,(H,39,43)(H,41,45)(H,46,47)/b11-7-. The molecular weight excluding hydrogens is 690 g/mol. The van der Waals surface area contributed by atoms with Gasteiger partial charge in [0.15, 0.2) is 0 Å². The first-order valence-electron chi connectivity index (χ1n) is 17.5. The van der Waals surface area contributed by atoms with Crippen molar-refractivity contribution in [2.45, 2.75) is 68.3 Å². The molecule has 0 saturated heterocycles. The number of sulfonamides is 1. The van der Waals surface area contributed by atoms with Crippen LogP contribution in [0.2, 0.25) is 0 Å². The molecule has 4 N–H and O–H groups in total. The summed E-state index contributed by atoms with van der Waals surface area (Å²) in [6.45, 7) is 0.0986. The van der Waals surface area contributed by atoms with Crippen LogP contribution < -0.4 is 24.9 Å². The van der Waals surface area contributed by atoms with Gasteiger partial charge < -0.3 is 19.9 Å². The van der Waals surface area contributed by atoms with Crippen LogP contribution in [0.4, 0.5) is 4.79 Å². The largest absolute Gasteiger partial charge is 0.497 e. The van der Waals surface area contributed by atoms with Crippen LogP contribution >= 0.6 is 0 Å². The molecule has 0 radical (unpaired) electrons. The van der Waals surface area contributed by atoms with Crippen molar-refractivity contribution in [3.8, 4) is 22.8 Å². The number of benzene rings is 2. The molecule has 4 amide bonds. The lowest BCUT2D eigenvalue weighted by atomic mass is 9.93. The summed E-state index contributed by atoms with van der Waals surface area (Å²) in [6.07, 6.45) is 4.56. The van der Waals surface area contributed by atoms with Gasteiger partial charge in [0.25, 0.3) is 5.91 Å². The molecule has 5 unspecified atom stereocenters. The summed E-state index contributed by atoms with van der Waals surface area (Å²) >= 11 is 0. The number of fused-ring (bicyclic) bond motifs is 3. The third-order valence-electron chi connectivity index (χ3n) is 10.3. The summed E-state index contributed by atoms with van der Waals surface area (Å²) < 4.78 is 39.8. The van der Waals surface area contributed by atoms with Gasteiger partial charge in [-0.25, -0.2) is 23.6 Å². The van der Waals surface area contributed by atoms with Gasteiger partial charge in [-0.3, -0.25) is 24.1 Å². The highest BCUT2D eigenvalue weighted by Crippen LogP contribution is 2.47. The SMILES string of the molecule is COc1ccc2c(OC3CC4C(=O)NC5(C(=O)NS(=O)(=O)C6CC6)CC5/C=C\CCCCN(NC(=O)O)C(=O)C4C3)cc(-c3ccccc3)nc2c1. The van der Waals surface area contributed by atoms with Gasteiger partial charge in [-0.15, -0.1) is 0 Å². The first kappa shape index (κ1) is 35.2. The minimum atomic E-state index is -3.89. The minimum absolute atomic E-state index is 0.0718. The van der Waals surface area contributed by atoms with Crippen LogP contribution in [0.3, 0.4) is 0 Å². The summed E-state index contributed by atoms with van der Waals surface area (Å²) in [5, 5.41) is 13.5. The maximum atomic E-state index is 14.3. The lowest BCUT2D eigenvalue weighted by molar-refractivity contribution is -0.143. The number of pyridine rings is 1.